The van der Waals surface area contributed by atoms with Crippen molar-refractivity contribution in [3.05, 3.63) is 61.5 Å². The van der Waals surface area contributed by atoms with Crippen molar-refractivity contribution < 1.29 is 18.7 Å². The van der Waals surface area contributed by atoms with Crippen molar-refractivity contribution in [1.29, 1.82) is 0 Å². The van der Waals surface area contributed by atoms with Gasteiger partial charge in [-0.1, -0.05) is 13.8 Å². The lowest BCUT2D eigenvalue weighted by Crippen LogP contribution is -2.42. The Morgan fingerprint density at radius 2 is 2.09 bits per heavy atom. The Morgan fingerprint density at radius 1 is 1.35 bits per heavy atom. The Kier molecular flexibility index (Phi) is 7.74. The van der Waals surface area contributed by atoms with Gasteiger partial charge in [-0.05, 0) is 36.6 Å². The van der Waals surface area contributed by atoms with Crippen LogP contribution in [0.5, 0.6) is 0 Å². The van der Waals surface area contributed by atoms with Crippen LogP contribution < -0.4 is 27.2 Å². The number of nitrogens with zero attached hydrogens (tertiary/aromatic N) is 2. The molecule has 0 unspecified atom stereocenters. The number of aromatic amines is 1. The Bertz CT molecular complexity index is 1290. The molecule has 0 aromatic carbocycles. The highest BCUT2D eigenvalue weighted by atomic mass is 32.1. The van der Waals surface area contributed by atoms with E-state index in [-0.39, 0.29) is 42.9 Å². The third kappa shape index (κ3) is 5.29. The predicted molar refractivity (Wildman–Crippen MR) is 130 cm³/mol. The van der Waals surface area contributed by atoms with Crippen molar-refractivity contribution in [2.45, 2.75) is 27.3 Å². The van der Waals surface area contributed by atoms with E-state index in [4.69, 9.17) is 14.9 Å². The van der Waals surface area contributed by atoms with Gasteiger partial charge in [0, 0.05) is 20.2 Å². The lowest BCUT2D eigenvalue weighted by Gasteiger charge is -2.24. The average Bonchev–Trinajstić information content (AvgIpc) is 3.43. The number of nitrogens with one attached hydrogen (secondary N) is 2. The van der Waals surface area contributed by atoms with Gasteiger partial charge in [0.2, 0.25) is 0 Å². The van der Waals surface area contributed by atoms with Crippen LogP contribution in [0.4, 0.5) is 16.5 Å². The Hall–Kier alpha value is -3.64. The van der Waals surface area contributed by atoms with E-state index in [9.17, 15) is 19.2 Å². The van der Waals surface area contributed by atoms with E-state index in [2.05, 4.69) is 10.3 Å². The van der Waals surface area contributed by atoms with Gasteiger partial charge in [-0.3, -0.25) is 28.8 Å². The van der Waals surface area contributed by atoms with Crippen molar-refractivity contribution in [3.8, 4) is 0 Å². The van der Waals surface area contributed by atoms with Gasteiger partial charge in [-0.15, -0.1) is 11.3 Å². The maximum absolute atomic E-state index is 13.6. The second kappa shape index (κ2) is 10.5. The van der Waals surface area contributed by atoms with Crippen LogP contribution in [0.3, 0.4) is 0 Å². The highest BCUT2D eigenvalue weighted by molar-refractivity contribution is 7.18. The number of ether oxygens (including phenoxy) is 1. The summed E-state index contributed by atoms with van der Waals surface area (Å²) in [6, 6.07) is 4.77. The number of aromatic nitrogens is 2. The summed E-state index contributed by atoms with van der Waals surface area (Å²) >= 11 is 1.05. The zero-order chi connectivity index (χ0) is 25.0. The number of rotatable bonds is 9. The summed E-state index contributed by atoms with van der Waals surface area (Å²) in [6.07, 6.45) is 1.39. The summed E-state index contributed by atoms with van der Waals surface area (Å²) < 4.78 is 11.5. The first-order chi connectivity index (χ1) is 16.1. The van der Waals surface area contributed by atoms with Crippen LogP contribution in [0.25, 0.3) is 0 Å². The first-order valence-corrected chi connectivity index (χ1v) is 11.3. The normalized spacial score (nSPS) is 11.1. The summed E-state index contributed by atoms with van der Waals surface area (Å²) in [6.45, 7) is 5.93. The van der Waals surface area contributed by atoms with Gasteiger partial charge in [0.15, 0.2) is 11.4 Å². The van der Waals surface area contributed by atoms with Crippen molar-refractivity contribution in [2.24, 2.45) is 5.92 Å². The second-order valence-corrected chi connectivity index (χ2v) is 9.05. The van der Waals surface area contributed by atoms with Crippen molar-refractivity contribution in [3.63, 3.8) is 0 Å². The first-order valence-electron chi connectivity index (χ1n) is 10.5. The van der Waals surface area contributed by atoms with E-state index in [1.807, 2.05) is 13.8 Å². The van der Waals surface area contributed by atoms with E-state index in [0.717, 1.165) is 11.3 Å². The molecule has 3 aromatic rings. The molecular weight excluding hydrogens is 462 g/mol. The van der Waals surface area contributed by atoms with Crippen LogP contribution >= 0.6 is 11.3 Å². The van der Waals surface area contributed by atoms with E-state index in [0.29, 0.717) is 15.4 Å². The smallest absolute Gasteiger partial charge is 0.330 e. The van der Waals surface area contributed by atoms with E-state index >= 15 is 0 Å². The fourth-order valence-corrected chi connectivity index (χ4v) is 4.36. The summed E-state index contributed by atoms with van der Waals surface area (Å²) in [5.41, 5.74) is 5.28. The molecule has 0 atom stereocenters. The molecule has 0 saturated carbocycles. The molecule has 0 aliphatic heterocycles. The highest BCUT2D eigenvalue weighted by Crippen LogP contribution is 2.30. The minimum absolute atomic E-state index is 0.0217. The van der Waals surface area contributed by atoms with Crippen LogP contribution in [0.15, 0.2) is 38.5 Å². The molecule has 2 amide bonds. The third-order valence-corrected chi connectivity index (χ3v) is 6.03. The first kappa shape index (κ1) is 25.0. The predicted octanol–water partition coefficient (Wildman–Crippen LogP) is 2.28. The highest BCUT2D eigenvalue weighted by Gasteiger charge is 2.28. The number of hydrogen-bond donors (Lipinski definition) is 3. The minimum atomic E-state index is -0.771. The standard InChI is InChI=1S/C22H27N5O6S/c1-12(2)11-27-18(23)16(20(29)25-22(27)31)26(7-9-32-4)21(30)17-13(3)10-15(34-17)24-19(28)14-6-5-8-33-14/h5-6,8,10,12H,7,9,11,23H2,1-4H3,(H,24,28)(H,25,29,31). The van der Waals surface area contributed by atoms with Gasteiger partial charge < -0.3 is 20.2 Å². The van der Waals surface area contributed by atoms with Gasteiger partial charge >= 0.3 is 5.69 Å². The van der Waals surface area contributed by atoms with Crippen molar-refractivity contribution in [1.82, 2.24) is 9.55 Å². The summed E-state index contributed by atoms with van der Waals surface area (Å²) in [4.78, 5) is 54.7. The molecule has 4 N–H and O–H groups in total. The summed E-state index contributed by atoms with van der Waals surface area (Å²) in [7, 11) is 1.47. The van der Waals surface area contributed by atoms with Crippen molar-refractivity contribution >= 4 is 39.7 Å². The zero-order valence-electron chi connectivity index (χ0n) is 19.3. The number of methoxy groups -OCH3 is 1. The average molecular weight is 490 g/mol. The van der Waals surface area contributed by atoms with Gasteiger partial charge in [0.05, 0.1) is 22.7 Å². The molecule has 0 fully saturated rings. The molecule has 0 radical (unpaired) electrons. The Balaban J connectivity index is 2.01. The van der Waals surface area contributed by atoms with Crippen LogP contribution in [0.2, 0.25) is 0 Å². The number of furan rings is 1. The molecule has 3 rings (SSSR count). The number of nitrogen functional groups attached to an aromatic ring is 1. The molecular formula is C22H27N5O6S. The molecule has 3 heterocycles. The number of H-pyrrole nitrogens is 1. The molecule has 0 spiro atoms. The van der Waals surface area contributed by atoms with E-state index in [1.54, 1.807) is 19.1 Å². The van der Waals surface area contributed by atoms with E-state index < -0.39 is 23.1 Å². The summed E-state index contributed by atoms with van der Waals surface area (Å²) in [5.74, 6) is -0.866. The van der Waals surface area contributed by atoms with Crippen LogP contribution in [0, 0.1) is 12.8 Å². The summed E-state index contributed by atoms with van der Waals surface area (Å²) in [5, 5.41) is 3.13. The number of anilines is 3. The molecule has 34 heavy (non-hydrogen) atoms. The molecule has 11 nitrogen and oxygen atoms in total. The molecule has 0 bridgehead atoms. The van der Waals surface area contributed by atoms with Crippen LogP contribution in [-0.4, -0.2) is 41.6 Å². The Morgan fingerprint density at radius 3 is 2.71 bits per heavy atom. The quantitative estimate of drug-likeness (QED) is 0.417. The number of nitrogens with two attached hydrogens (primary N) is 1. The third-order valence-electron chi connectivity index (χ3n) is 4.89. The SMILES string of the molecule is COCCN(C(=O)c1sc(NC(=O)c2ccco2)cc1C)c1c(N)n(CC(C)C)c(=O)[nH]c1=O. The number of carbonyl (C=O) groups is 2. The fraction of sp³-hybridized carbons (Fsp3) is 0.364. The maximum atomic E-state index is 13.6. The number of carbonyl (C=O) groups excluding carboxylic acids is 2. The fourth-order valence-electron chi connectivity index (χ4n) is 3.34. The van der Waals surface area contributed by atoms with Gasteiger partial charge in [0.1, 0.15) is 5.82 Å². The Labute approximate surface area is 199 Å². The second-order valence-electron chi connectivity index (χ2n) is 8.00. The number of hydrogen-bond acceptors (Lipinski definition) is 8. The van der Waals surface area contributed by atoms with Crippen LogP contribution in [0.1, 0.15) is 39.6 Å². The van der Waals surface area contributed by atoms with Gasteiger partial charge in [0.25, 0.3) is 17.4 Å². The monoisotopic (exact) mass is 489 g/mol. The molecule has 3 aromatic heterocycles. The molecule has 182 valence electrons. The topological polar surface area (TPSA) is 153 Å². The van der Waals surface area contributed by atoms with Crippen LogP contribution in [-0.2, 0) is 11.3 Å². The van der Waals surface area contributed by atoms with Gasteiger partial charge in [-0.25, -0.2) is 4.79 Å². The largest absolute Gasteiger partial charge is 0.459 e. The maximum Gasteiger partial charge on any atom is 0.330 e. The molecule has 0 aliphatic carbocycles. The lowest BCUT2D eigenvalue weighted by molar-refractivity contribution is 0.0976. The molecule has 12 heteroatoms. The van der Waals surface area contributed by atoms with E-state index in [1.165, 1.54) is 28.9 Å². The van der Waals surface area contributed by atoms with Crippen molar-refractivity contribution in [2.75, 3.05) is 36.2 Å². The molecule has 0 aliphatic rings. The van der Waals surface area contributed by atoms with Gasteiger partial charge in [-0.2, -0.15) is 0 Å². The molecule has 0 saturated heterocycles. The minimum Gasteiger partial charge on any atom is -0.459 e. The lowest BCUT2D eigenvalue weighted by atomic mass is 10.2. The number of thiophene rings is 1. The number of aryl methyl sites for hydroxylation is 1. The number of amides is 2. The zero-order valence-corrected chi connectivity index (χ0v) is 20.2.